The van der Waals surface area contributed by atoms with Crippen LogP contribution in [0.3, 0.4) is 0 Å². The van der Waals surface area contributed by atoms with Gasteiger partial charge in [0, 0.05) is 37.0 Å². The predicted octanol–water partition coefficient (Wildman–Crippen LogP) is 3.13. The van der Waals surface area contributed by atoms with Crippen molar-refractivity contribution in [1.29, 1.82) is 0 Å². The number of likely N-dealkylation sites (N-methyl/N-ethyl adjacent to an activating group) is 1. The maximum atomic E-state index is 11.0. The van der Waals surface area contributed by atoms with E-state index in [-0.39, 0.29) is 11.8 Å². The first-order valence-corrected chi connectivity index (χ1v) is 7.20. The van der Waals surface area contributed by atoms with E-state index in [1.807, 2.05) is 13.8 Å². The van der Waals surface area contributed by atoms with Crippen LogP contribution in [0.25, 0.3) is 0 Å². The molecule has 6 heteroatoms. The zero-order chi connectivity index (χ0) is 16.0. The van der Waals surface area contributed by atoms with E-state index in [1.165, 1.54) is 6.07 Å². The molecule has 0 heterocycles. The van der Waals surface area contributed by atoms with Crippen molar-refractivity contribution in [1.82, 2.24) is 4.90 Å². The normalized spacial score (nSPS) is 11.2. The van der Waals surface area contributed by atoms with Crippen molar-refractivity contribution in [3.8, 4) is 5.75 Å². The molecule has 0 amide bonds. The van der Waals surface area contributed by atoms with Crippen LogP contribution in [-0.2, 0) is 0 Å². The Morgan fingerprint density at radius 2 is 2.00 bits per heavy atom. The zero-order valence-electron chi connectivity index (χ0n) is 13.4. The monoisotopic (exact) mass is 295 g/mol. The lowest BCUT2D eigenvalue weighted by molar-refractivity contribution is -0.386. The number of anilines is 1. The van der Waals surface area contributed by atoms with Gasteiger partial charge in [0.15, 0.2) is 5.75 Å². The molecule has 0 spiro atoms. The lowest BCUT2D eigenvalue weighted by atomic mass is 10.2. The Morgan fingerprint density at radius 3 is 2.52 bits per heavy atom. The Morgan fingerprint density at radius 1 is 1.33 bits per heavy atom. The Kier molecular flexibility index (Phi) is 6.42. The molecule has 0 saturated heterocycles. The molecule has 21 heavy (non-hydrogen) atoms. The molecular weight excluding hydrogens is 270 g/mol. The molecule has 1 rings (SSSR count). The molecule has 0 aliphatic carbocycles. The predicted molar refractivity (Wildman–Crippen MR) is 85.1 cm³/mol. The summed E-state index contributed by atoms with van der Waals surface area (Å²) in [5, 5.41) is 14.3. The minimum Gasteiger partial charge on any atom is -0.484 e. The minimum atomic E-state index is -0.423. The lowest BCUT2D eigenvalue weighted by Crippen LogP contribution is -2.31. The minimum absolute atomic E-state index is 0.00597. The number of nitro groups is 1. The molecule has 0 aliphatic heterocycles. The molecule has 1 N–H and O–H groups in total. The van der Waals surface area contributed by atoms with Crippen molar-refractivity contribution in [3.05, 3.63) is 28.3 Å². The molecule has 1 aromatic carbocycles. The molecule has 0 bridgehead atoms. The number of nitrogens with one attached hydrogen (secondary N) is 1. The van der Waals surface area contributed by atoms with E-state index in [0.29, 0.717) is 11.8 Å². The maximum absolute atomic E-state index is 11.0. The third-order valence-electron chi connectivity index (χ3n) is 3.19. The van der Waals surface area contributed by atoms with Crippen LogP contribution in [0, 0.1) is 10.1 Å². The standard InChI is InChI=1S/C15H25N3O3/c1-11(2)17(5)9-8-16-13-6-7-14(18(19)20)15(10-13)21-12(3)4/h6-7,10-12,16H,8-9H2,1-5H3. The summed E-state index contributed by atoms with van der Waals surface area (Å²) >= 11 is 0. The van der Waals surface area contributed by atoms with Gasteiger partial charge in [0.05, 0.1) is 11.0 Å². The molecule has 0 fully saturated rings. The largest absolute Gasteiger partial charge is 0.484 e. The van der Waals surface area contributed by atoms with Gasteiger partial charge in [0.2, 0.25) is 0 Å². The SMILES string of the molecule is CC(C)Oc1cc(NCCN(C)C(C)C)ccc1[N+](=O)[O-]. The van der Waals surface area contributed by atoms with Gasteiger partial charge < -0.3 is 15.0 Å². The van der Waals surface area contributed by atoms with Crippen molar-refractivity contribution in [3.63, 3.8) is 0 Å². The summed E-state index contributed by atoms with van der Waals surface area (Å²) in [6.45, 7) is 9.65. The van der Waals surface area contributed by atoms with Crippen LogP contribution in [0.4, 0.5) is 11.4 Å². The highest BCUT2D eigenvalue weighted by Crippen LogP contribution is 2.30. The van der Waals surface area contributed by atoms with Crippen molar-refractivity contribution in [2.24, 2.45) is 0 Å². The highest BCUT2D eigenvalue weighted by Gasteiger charge is 2.16. The number of rotatable bonds is 8. The molecule has 6 nitrogen and oxygen atoms in total. The Bertz CT molecular complexity index is 475. The second-order valence-corrected chi connectivity index (χ2v) is 5.61. The van der Waals surface area contributed by atoms with Gasteiger partial charge in [-0.2, -0.15) is 0 Å². The molecule has 0 radical (unpaired) electrons. The lowest BCUT2D eigenvalue weighted by Gasteiger charge is -2.21. The quantitative estimate of drug-likeness (QED) is 0.589. The van der Waals surface area contributed by atoms with Gasteiger partial charge in [-0.3, -0.25) is 10.1 Å². The van der Waals surface area contributed by atoms with Gasteiger partial charge in [0.1, 0.15) is 0 Å². The number of ether oxygens (including phenoxy) is 1. The molecule has 1 aromatic rings. The second-order valence-electron chi connectivity index (χ2n) is 5.61. The van der Waals surface area contributed by atoms with Gasteiger partial charge in [-0.1, -0.05) is 0 Å². The van der Waals surface area contributed by atoms with Crippen molar-refractivity contribution in [2.75, 3.05) is 25.5 Å². The van der Waals surface area contributed by atoms with E-state index >= 15 is 0 Å². The molecule has 0 atom stereocenters. The fourth-order valence-corrected chi connectivity index (χ4v) is 1.76. The topological polar surface area (TPSA) is 67.6 Å². The Hall–Kier alpha value is -1.82. The number of nitro benzene ring substituents is 1. The molecule has 0 unspecified atom stereocenters. The number of benzene rings is 1. The number of hydrogen-bond acceptors (Lipinski definition) is 5. The van der Waals surface area contributed by atoms with Crippen molar-refractivity contribution in [2.45, 2.75) is 39.8 Å². The zero-order valence-corrected chi connectivity index (χ0v) is 13.4. The summed E-state index contributed by atoms with van der Waals surface area (Å²) in [4.78, 5) is 12.8. The smallest absolute Gasteiger partial charge is 0.311 e. The van der Waals surface area contributed by atoms with E-state index in [2.05, 4.69) is 31.1 Å². The van der Waals surface area contributed by atoms with Crippen molar-refractivity contribution < 1.29 is 9.66 Å². The summed E-state index contributed by atoms with van der Waals surface area (Å²) in [5.41, 5.74) is 0.821. The van der Waals surface area contributed by atoms with E-state index < -0.39 is 4.92 Å². The summed E-state index contributed by atoms with van der Waals surface area (Å²) in [5.74, 6) is 0.303. The fourth-order valence-electron chi connectivity index (χ4n) is 1.76. The first-order chi connectivity index (χ1) is 9.81. The third-order valence-corrected chi connectivity index (χ3v) is 3.19. The van der Waals surface area contributed by atoms with Gasteiger partial charge in [-0.25, -0.2) is 0 Å². The molecule has 0 saturated carbocycles. The first-order valence-electron chi connectivity index (χ1n) is 7.20. The van der Waals surface area contributed by atoms with Crippen LogP contribution < -0.4 is 10.1 Å². The van der Waals surface area contributed by atoms with E-state index in [9.17, 15) is 10.1 Å². The summed E-state index contributed by atoms with van der Waals surface area (Å²) < 4.78 is 5.52. The average Bonchev–Trinajstić information content (AvgIpc) is 2.37. The summed E-state index contributed by atoms with van der Waals surface area (Å²) in [7, 11) is 2.06. The Labute approximate surface area is 126 Å². The molecule has 118 valence electrons. The van der Waals surface area contributed by atoms with Crippen molar-refractivity contribution >= 4 is 11.4 Å². The highest BCUT2D eigenvalue weighted by molar-refractivity contribution is 5.58. The van der Waals surface area contributed by atoms with E-state index in [4.69, 9.17) is 4.74 Å². The van der Waals surface area contributed by atoms with Crippen LogP contribution in [-0.4, -0.2) is 42.1 Å². The van der Waals surface area contributed by atoms with Crippen LogP contribution in [0.5, 0.6) is 5.75 Å². The van der Waals surface area contributed by atoms with Gasteiger partial charge >= 0.3 is 5.69 Å². The molecular formula is C15H25N3O3. The van der Waals surface area contributed by atoms with Gasteiger partial charge in [0.25, 0.3) is 0 Å². The third kappa shape index (κ3) is 5.59. The number of hydrogen-bond donors (Lipinski definition) is 1. The van der Waals surface area contributed by atoms with E-state index in [1.54, 1.807) is 12.1 Å². The van der Waals surface area contributed by atoms with Crippen LogP contribution in [0.1, 0.15) is 27.7 Å². The summed E-state index contributed by atoms with van der Waals surface area (Å²) in [6, 6.07) is 5.36. The first kappa shape index (κ1) is 17.2. The highest BCUT2D eigenvalue weighted by atomic mass is 16.6. The van der Waals surface area contributed by atoms with Crippen LogP contribution in [0.15, 0.2) is 18.2 Å². The molecule has 0 aromatic heterocycles. The van der Waals surface area contributed by atoms with Crippen LogP contribution >= 0.6 is 0 Å². The second kappa shape index (κ2) is 7.83. The van der Waals surface area contributed by atoms with Gasteiger partial charge in [-0.05, 0) is 40.8 Å². The van der Waals surface area contributed by atoms with Gasteiger partial charge in [-0.15, -0.1) is 0 Å². The number of nitrogens with zero attached hydrogens (tertiary/aromatic N) is 2. The molecule has 0 aliphatic rings. The average molecular weight is 295 g/mol. The Balaban J connectivity index is 2.73. The maximum Gasteiger partial charge on any atom is 0.311 e. The summed E-state index contributed by atoms with van der Waals surface area (Å²) in [6.07, 6.45) is -0.106. The van der Waals surface area contributed by atoms with E-state index in [0.717, 1.165) is 18.8 Å². The fraction of sp³-hybridized carbons (Fsp3) is 0.600. The van der Waals surface area contributed by atoms with Crippen LogP contribution in [0.2, 0.25) is 0 Å².